The average molecular weight is 521 g/mol. The van der Waals surface area contributed by atoms with Crippen molar-refractivity contribution in [3.05, 3.63) is 35.9 Å². The molecule has 1 aromatic carbocycles. The molecule has 4 unspecified atom stereocenters. The van der Waals surface area contributed by atoms with Gasteiger partial charge in [0.2, 0.25) is 17.7 Å². The van der Waals surface area contributed by atoms with Gasteiger partial charge >= 0.3 is 5.97 Å². The van der Waals surface area contributed by atoms with Crippen molar-refractivity contribution in [1.82, 2.24) is 16.0 Å². The number of carboxylic acids is 1. The van der Waals surface area contributed by atoms with Crippen LogP contribution < -0.4 is 33.2 Å². The SMILES string of the molecule is CC(C)C(N)C(=O)NC(CCCCN)C(=O)NC(Cc1ccccc1)C(=O)NC(CCCCN)C(=O)O. The van der Waals surface area contributed by atoms with Gasteiger partial charge in [0, 0.05) is 6.42 Å². The van der Waals surface area contributed by atoms with Gasteiger partial charge in [0.1, 0.15) is 18.1 Å². The fraction of sp³-hybridized carbons (Fsp3) is 0.615. The Morgan fingerprint density at radius 1 is 0.757 bits per heavy atom. The van der Waals surface area contributed by atoms with Crippen molar-refractivity contribution in [2.24, 2.45) is 23.1 Å². The molecule has 0 aliphatic rings. The molecule has 0 saturated heterocycles. The molecule has 37 heavy (non-hydrogen) atoms. The molecule has 0 heterocycles. The standard InChI is InChI=1S/C26H44N6O5/c1-17(2)22(29)25(35)30-19(12-6-8-14-27)23(33)32-21(16-18-10-4-3-5-11-18)24(34)31-20(26(36)37)13-7-9-15-28/h3-5,10-11,17,19-22H,6-9,12-16,27-29H2,1-2H3,(H,30,35)(H,31,34)(H,32,33)(H,36,37). The van der Waals surface area contributed by atoms with E-state index in [1.165, 1.54) is 0 Å². The molecule has 0 fully saturated rings. The van der Waals surface area contributed by atoms with Crippen molar-refractivity contribution in [3.63, 3.8) is 0 Å². The molecular weight excluding hydrogens is 476 g/mol. The molecule has 208 valence electrons. The summed E-state index contributed by atoms with van der Waals surface area (Å²) in [6.07, 6.45) is 3.09. The van der Waals surface area contributed by atoms with Crippen LogP contribution in [0, 0.1) is 5.92 Å². The largest absolute Gasteiger partial charge is 0.480 e. The smallest absolute Gasteiger partial charge is 0.326 e. The van der Waals surface area contributed by atoms with Crippen molar-refractivity contribution >= 4 is 23.7 Å². The Hall–Kier alpha value is -3.02. The highest BCUT2D eigenvalue weighted by molar-refractivity contribution is 5.94. The minimum absolute atomic E-state index is 0.128. The third-order valence-electron chi connectivity index (χ3n) is 6.08. The summed E-state index contributed by atoms with van der Waals surface area (Å²) in [7, 11) is 0. The monoisotopic (exact) mass is 520 g/mol. The number of carbonyl (C=O) groups is 4. The van der Waals surface area contributed by atoms with Crippen molar-refractivity contribution in [3.8, 4) is 0 Å². The van der Waals surface area contributed by atoms with Crippen molar-refractivity contribution < 1.29 is 24.3 Å². The number of carbonyl (C=O) groups excluding carboxylic acids is 3. The zero-order valence-corrected chi connectivity index (χ0v) is 21.9. The lowest BCUT2D eigenvalue weighted by Gasteiger charge is -2.26. The van der Waals surface area contributed by atoms with E-state index >= 15 is 0 Å². The predicted molar refractivity (Wildman–Crippen MR) is 142 cm³/mol. The van der Waals surface area contributed by atoms with E-state index < -0.39 is 47.9 Å². The minimum Gasteiger partial charge on any atom is -0.480 e. The summed E-state index contributed by atoms with van der Waals surface area (Å²) >= 11 is 0. The first kappa shape index (κ1) is 32.0. The second-order valence-corrected chi connectivity index (χ2v) is 9.55. The first-order chi connectivity index (χ1) is 17.6. The van der Waals surface area contributed by atoms with E-state index in [2.05, 4.69) is 16.0 Å². The Morgan fingerprint density at radius 2 is 1.24 bits per heavy atom. The lowest BCUT2D eigenvalue weighted by atomic mass is 10.0. The van der Waals surface area contributed by atoms with Gasteiger partial charge in [-0.25, -0.2) is 4.79 Å². The Balaban J connectivity index is 3.09. The fourth-order valence-corrected chi connectivity index (χ4v) is 3.69. The van der Waals surface area contributed by atoms with Crippen LogP contribution >= 0.6 is 0 Å². The minimum atomic E-state index is -1.16. The second-order valence-electron chi connectivity index (χ2n) is 9.55. The van der Waals surface area contributed by atoms with Crippen LogP contribution in [-0.2, 0) is 25.6 Å². The van der Waals surface area contributed by atoms with Crippen molar-refractivity contribution in [2.75, 3.05) is 13.1 Å². The fourth-order valence-electron chi connectivity index (χ4n) is 3.69. The highest BCUT2D eigenvalue weighted by atomic mass is 16.4. The molecule has 11 heteroatoms. The molecule has 0 spiro atoms. The Bertz CT molecular complexity index is 851. The molecule has 11 nitrogen and oxygen atoms in total. The topological polar surface area (TPSA) is 203 Å². The van der Waals surface area contributed by atoms with Crippen molar-refractivity contribution in [1.29, 1.82) is 0 Å². The number of nitrogens with two attached hydrogens (primary N) is 3. The van der Waals surface area contributed by atoms with E-state index in [-0.39, 0.29) is 18.8 Å². The summed E-state index contributed by atoms with van der Waals surface area (Å²) in [5.74, 6) is -2.92. The van der Waals surface area contributed by atoms with Crippen LogP contribution in [-0.4, -0.2) is 66.1 Å². The maximum Gasteiger partial charge on any atom is 0.326 e. The number of amides is 3. The first-order valence-electron chi connectivity index (χ1n) is 12.9. The maximum atomic E-state index is 13.3. The van der Waals surface area contributed by atoms with E-state index in [0.717, 1.165) is 5.56 Å². The zero-order chi connectivity index (χ0) is 27.8. The molecule has 0 saturated carbocycles. The van der Waals surface area contributed by atoms with Crippen LogP contribution in [0.5, 0.6) is 0 Å². The molecule has 4 atom stereocenters. The van der Waals surface area contributed by atoms with E-state index in [4.69, 9.17) is 17.2 Å². The van der Waals surface area contributed by atoms with Gasteiger partial charge in [-0.05, 0) is 63.1 Å². The van der Waals surface area contributed by atoms with Gasteiger partial charge < -0.3 is 38.3 Å². The van der Waals surface area contributed by atoms with Crippen LogP contribution in [0.15, 0.2) is 30.3 Å². The number of carboxylic acid groups (broad SMARTS) is 1. The maximum absolute atomic E-state index is 13.3. The summed E-state index contributed by atoms with van der Waals surface area (Å²) in [4.78, 5) is 50.8. The third-order valence-corrected chi connectivity index (χ3v) is 6.08. The molecular formula is C26H44N6O5. The summed E-state index contributed by atoms with van der Waals surface area (Å²) in [6.45, 7) is 4.47. The number of hydrogen-bond donors (Lipinski definition) is 7. The van der Waals surface area contributed by atoms with Crippen LogP contribution in [0.1, 0.15) is 57.9 Å². The number of benzene rings is 1. The molecule has 0 aliphatic carbocycles. The van der Waals surface area contributed by atoms with Gasteiger partial charge in [0.05, 0.1) is 6.04 Å². The van der Waals surface area contributed by atoms with E-state index in [1.807, 2.05) is 30.3 Å². The van der Waals surface area contributed by atoms with Crippen LogP contribution in [0.4, 0.5) is 0 Å². The molecule has 1 aromatic rings. The van der Waals surface area contributed by atoms with Gasteiger partial charge in [-0.3, -0.25) is 14.4 Å². The molecule has 0 aliphatic heterocycles. The number of aliphatic carboxylic acids is 1. The van der Waals surface area contributed by atoms with Gasteiger partial charge in [0.15, 0.2) is 0 Å². The molecule has 0 bridgehead atoms. The third kappa shape index (κ3) is 12.2. The zero-order valence-electron chi connectivity index (χ0n) is 21.9. The van der Waals surface area contributed by atoms with Crippen LogP contribution in [0.3, 0.4) is 0 Å². The van der Waals surface area contributed by atoms with Crippen molar-refractivity contribution in [2.45, 2.75) is 83.0 Å². The highest BCUT2D eigenvalue weighted by Gasteiger charge is 2.30. The van der Waals surface area contributed by atoms with Gasteiger partial charge in [-0.2, -0.15) is 0 Å². The summed E-state index contributed by atoms with van der Waals surface area (Å²) < 4.78 is 0. The number of nitrogens with one attached hydrogen (secondary N) is 3. The number of unbranched alkanes of at least 4 members (excludes halogenated alkanes) is 2. The highest BCUT2D eigenvalue weighted by Crippen LogP contribution is 2.09. The Morgan fingerprint density at radius 3 is 1.76 bits per heavy atom. The summed E-state index contributed by atoms with van der Waals surface area (Å²) in [5.41, 5.74) is 17.8. The Kier molecular flexibility index (Phi) is 15.1. The molecule has 10 N–H and O–H groups in total. The van der Waals surface area contributed by atoms with E-state index in [9.17, 15) is 24.3 Å². The van der Waals surface area contributed by atoms with Gasteiger partial charge in [-0.15, -0.1) is 0 Å². The number of rotatable bonds is 18. The lowest BCUT2D eigenvalue weighted by molar-refractivity contribution is -0.142. The second kappa shape index (κ2) is 17.4. The average Bonchev–Trinajstić information content (AvgIpc) is 2.86. The van der Waals surface area contributed by atoms with Gasteiger partial charge in [-0.1, -0.05) is 44.2 Å². The van der Waals surface area contributed by atoms with Gasteiger partial charge in [0.25, 0.3) is 0 Å². The van der Waals surface area contributed by atoms with Crippen LogP contribution in [0.2, 0.25) is 0 Å². The molecule has 3 amide bonds. The number of hydrogen-bond acceptors (Lipinski definition) is 7. The van der Waals surface area contributed by atoms with E-state index in [0.29, 0.717) is 45.2 Å². The van der Waals surface area contributed by atoms with Crippen LogP contribution in [0.25, 0.3) is 0 Å². The molecule has 0 aromatic heterocycles. The first-order valence-corrected chi connectivity index (χ1v) is 12.9. The summed E-state index contributed by atoms with van der Waals surface area (Å²) in [5, 5.41) is 17.6. The lowest BCUT2D eigenvalue weighted by Crippen LogP contribution is -2.58. The normalized spacial score (nSPS) is 14.3. The summed E-state index contributed by atoms with van der Waals surface area (Å²) in [6, 6.07) is 5.18. The molecule has 1 rings (SSSR count). The Labute approximate surface area is 219 Å². The predicted octanol–water partition coefficient (Wildman–Crippen LogP) is 0.00940. The molecule has 0 radical (unpaired) electrons. The van der Waals surface area contributed by atoms with E-state index in [1.54, 1.807) is 13.8 Å². The quantitative estimate of drug-likeness (QED) is 0.131.